The lowest BCUT2D eigenvalue weighted by molar-refractivity contribution is 0.416. The van der Waals surface area contributed by atoms with Crippen molar-refractivity contribution in [2.75, 3.05) is 7.11 Å². The van der Waals surface area contributed by atoms with Crippen LogP contribution in [0, 0.1) is 6.92 Å². The molecule has 5 aromatic rings. The van der Waals surface area contributed by atoms with Crippen molar-refractivity contribution in [3.8, 4) is 5.75 Å². The Hall–Kier alpha value is -3.26. The molecule has 3 nitrogen and oxygen atoms in total. The third-order valence-electron chi connectivity index (χ3n) is 6.35. The number of rotatable bonds is 5. The minimum atomic E-state index is -2.53. The Morgan fingerprint density at radius 3 is 2.00 bits per heavy atom. The van der Waals surface area contributed by atoms with Gasteiger partial charge in [0.05, 0.1) is 14.2 Å². The molecule has 0 bridgehead atoms. The maximum Gasteiger partial charge on any atom is 0.144 e. The van der Waals surface area contributed by atoms with E-state index in [0.29, 0.717) is 10.8 Å². The fraction of sp³-hybridized carbons (Fsp3) is 0.103. The van der Waals surface area contributed by atoms with E-state index in [1.54, 1.807) is 7.11 Å². The Balaban J connectivity index is 2.05. The van der Waals surface area contributed by atoms with Gasteiger partial charge in [-0.25, -0.2) is 4.74 Å². The van der Waals surface area contributed by atoms with Crippen molar-refractivity contribution in [2.24, 2.45) is 11.8 Å². The average Bonchev–Trinajstić information content (AvgIpc) is 3.14. The van der Waals surface area contributed by atoms with E-state index in [1.165, 1.54) is 32.5 Å². The zero-order valence-corrected chi connectivity index (χ0v) is 21.1. The van der Waals surface area contributed by atoms with Gasteiger partial charge in [-0.05, 0) is 31.2 Å². The maximum absolute atomic E-state index is 6.46. The Morgan fingerprint density at radius 2 is 1.38 bits per heavy atom. The molecule has 0 N–H and O–H groups in total. The number of hydrogen-bond donors (Lipinski definition) is 0. The molecule has 0 spiro atoms. The molecule has 0 aliphatic carbocycles. The van der Waals surface area contributed by atoms with E-state index in [2.05, 4.69) is 103 Å². The van der Waals surface area contributed by atoms with Crippen LogP contribution >= 0.6 is 18.7 Å². The molecule has 0 saturated carbocycles. The van der Waals surface area contributed by atoms with Gasteiger partial charge in [0, 0.05) is 44.6 Å². The molecule has 1 aromatic heterocycles. The number of halogens is 1. The molecule has 0 saturated heterocycles. The topological polar surface area (TPSA) is 26.5 Å². The van der Waals surface area contributed by atoms with Gasteiger partial charge in [0.15, 0.2) is 0 Å². The van der Waals surface area contributed by atoms with Crippen molar-refractivity contribution in [1.29, 1.82) is 0 Å². The third-order valence-corrected chi connectivity index (χ3v) is 10.4. The molecule has 0 radical (unpaired) electrons. The Bertz CT molecular complexity index is 1480. The Kier molecular flexibility index (Phi) is 6.08. The van der Waals surface area contributed by atoms with E-state index in [0.717, 1.165) is 5.69 Å². The Morgan fingerprint density at radius 1 is 0.794 bits per heavy atom. The molecular weight excluding hydrogens is 459 g/mol. The van der Waals surface area contributed by atoms with Crippen molar-refractivity contribution >= 4 is 51.2 Å². The highest BCUT2D eigenvalue weighted by Crippen LogP contribution is 2.53. The number of nitrogens with zero attached hydrogens (tertiary/aromatic N) is 2. The monoisotopic (exact) mass is 484 g/mol. The summed E-state index contributed by atoms with van der Waals surface area (Å²) in [5, 5.41) is 5.47. The van der Waals surface area contributed by atoms with E-state index in [1.807, 2.05) is 18.2 Å². The van der Waals surface area contributed by atoms with Gasteiger partial charge in [-0.3, -0.25) is 0 Å². The molecule has 0 fully saturated rings. The summed E-state index contributed by atoms with van der Waals surface area (Å²) in [4.78, 5) is 0. The van der Waals surface area contributed by atoms with Crippen LogP contribution in [0.2, 0.25) is 5.02 Å². The van der Waals surface area contributed by atoms with Crippen LogP contribution in [0.1, 0.15) is 5.69 Å². The summed E-state index contributed by atoms with van der Waals surface area (Å²) in [7, 11) is 1.28. The van der Waals surface area contributed by atoms with Crippen LogP contribution in [0.5, 0.6) is 5.75 Å². The molecule has 0 atom stereocenters. The molecule has 0 unspecified atom stereocenters. The fourth-order valence-corrected chi connectivity index (χ4v) is 8.83. The van der Waals surface area contributed by atoms with Crippen molar-refractivity contribution in [1.82, 2.24) is 4.57 Å². The molecule has 0 amide bonds. The van der Waals surface area contributed by atoms with Gasteiger partial charge in [0.2, 0.25) is 0 Å². The van der Waals surface area contributed by atoms with Gasteiger partial charge < -0.3 is 9.30 Å². The standard InChI is InChI=1S/C29H26ClN2OP/c1-21-29(25-16-10-11-17-27(25)32(21)2)34(23-12-6-4-7-13-23,24-14-8-5-9-15-24)31-26-20-22(30)18-19-28(26)33-3/h4-20H,1-3H3. The summed E-state index contributed by atoms with van der Waals surface area (Å²) in [6.45, 7) is 2.20. The summed E-state index contributed by atoms with van der Waals surface area (Å²) >= 11 is 6.46. The Labute approximate surface area is 205 Å². The quantitative estimate of drug-likeness (QED) is 0.248. The van der Waals surface area contributed by atoms with Crippen LogP contribution in [-0.2, 0) is 7.05 Å². The highest BCUT2D eigenvalue weighted by molar-refractivity contribution is 7.88. The largest absolute Gasteiger partial charge is 0.494 e. The fourth-order valence-electron chi connectivity index (χ4n) is 4.67. The summed E-state index contributed by atoms with van der Waals surface area (Å²) in [5.41, 5.74) is 3.15. The second-order valence-corrected chi connectivity index (χ2v) is 11.6. The highest BCUT2D eigenvalue weighted by atomic mass is 35.5. The van der Waals surface area contributed by atoms with Crippen molar-refractivity contribution < 1.29 is 4.74 Å². The van der Waals surface area contributed by atoms with E-state index in [9.17, 15) is 0 Å². The first-order valence-corrected chi connectivity index (χ1v) is 13.3. The van der Waals surface area contributed by atoms with Gasteiger partial charge in [-0.15, -0.1) is 0 Å². The summed E-state index contributed by atoms with van der Waals surface area (Å²) in [6, 6.07) is 35.5. The first-order chi connectivity index (χ1) is 16.6. The van der Waals surface area contributed by atoms with Gasteiger partial charge in [0.25, 0.3) is 0 Å². The molecule has 170 valence electrons. The first-order valence-electron chi connectivity index (χ1n) is 11.2. The van der Waals surface area contributed by atoms with Crippen LogP contribution < -0.4 is 20.7 Å². The number of fused-ring (bicyclic) bond motifs is 1. The predicted octanol–water partition coefficient (Wildman–Crippen LogP) is 6.96. The second kappa shape index (κ2) is 9.18. The highest BCUT2D eigenvalue weighted by Gasteiger charge is 2.33. The van der Waals surface area contributed by atoms with E-state index >= 15 is 0 Å². The van der Waals surface area contributed by atoms with E-state index < -0.39 is 7.05 Å². The van der Waals surface area contributed by atoms with Crippen molar-refractivity contribution in [3.63, 3.8) is 0 Å². The smallest absolute Gasteiger partial charge is 0.144 e. The lowest BCUT2D eigenvalue weighted by Crippen LogP contribution is -2.26. The minimum Gasteiger partial charge on any atom is -0.494 e. The average molecular weight is 485 g/mol. The van der Waals surface area contributed by atoms with Gasteiger partial charge in [-0.2, -0.15) is 0 Å². The number of hydrogen-bond acceptors (Lipinski definition) is 2. The number of ether oxygens (including phenoxy) is 1. The van der Waals surface area contributed by atoms with Crippen LogP contribution in [0.25, 0.3) is 10.9 Å². The second-order valence-electron chi connectivity index (χ2n) is 8.23. The van der Waals surface area contributed by atoms with Crippen LogP contribution in [0.3, 0.4) is 0 Å². The van der Waals surface area contributed by atoms with Gasteiger partial charge in [0.1, 0.15) is 11.4 Å². The predicted molar refractivity (Wildman–Crippen MR) is 146 cm³/mol. The molecule has 0 aliphatic rings. The number of aryl methyl sites for hydroxylation is 1. The van der Waals surface area contributed by atoms with E-state index in [-0.39, 0.29) is 0 Å². The van der Waals surface area contributed by atoms with Crippen LogP contribution in [0.15, 0.2) is 108 Å². The number of benzene rings is 4. The SMILES string of the molecule is COc1ccc(Cl)cc1N=P(c1ccccc1)(c1ccccc1)c1c(C)n(C)c2ccccc12. The van der Waals surface area contributed by atoms with Crippen LogP contribution in [0.4, 0.5) is 5.69 Å². The lowest BCUT2D eigenvalue weighted by Gasteiger charge is -2.28. The lowest BCUT2D eigenvalue weighted by atomic mass is 10.2. The maximum atomic E-state index is 6.46. The summed E-state index contributed by atoms with van der Waals surface area (Å²) in [5.74, 6) is 0.707. The van der Waals surface area contributed by atoms with Crippen molar-refractivity contribution in [2.45, 2.75) is 6.92 Å². The third kappa shape index (κ3) is 3.66. The molecule has 0 aliphatic heterocycles. The zero-order valence-electron chi connectivity index (χ0n) is 19.4. The molecule has 34 heavy (non-hydrogen) atoms. The zero-order chi connectivity index (χ0) is 23.7. The number of aromatic nitrogens is 1. The number of methoxy groups -OCH3 is 1. The first kappa shape index (κ1) is 22.5. The molecular formula is C29H26ClN2OP. The normalized spacial score (nSPS) is 11.5. The molecule has 1 heterocycles. The summed E-state index contributed by atoms with van der Waals surface area (Å²) in [6.07, 6.45) is 0. The molecule has 4 aromatic carbocycles. The van der Waals surface area contributed by atoms with Crippen molar-refractivity contribution in [3.05, 3.63) is 114 Å². The van der Waals surface area contributed by atoms with E-state index in [4.69, 9.17) is 21.1 Å². The minimum absolute atomic E-state index is 0.633. The van der Waals surface area contributed by atoms with Gasteiger partial charge in [-0.1, -0.05) is 90.5 Å². The number of para-hydroxylation sites is 1. The molecule has 5 heteroatoms. The van der Waals surface area contributed by atoms with Gasteiger partial charge >= 0.3 is 0 Å². The summed E-state index contributed by atoms with van der Waals surface area (Å²) < 4.78 is 13.7. The molecule has 5 rings (SSSR count). The van der Waals surface area contributed by atoms with Crippen LogP contribution in [-0.4, -0.2) is 11.7 Å².